The molecule has 0 radical (unpaired) electrons. The van der Waals surface area contributed by atoms with E-state index < -0.39 is 59.1 Å². The quantitative estimate of drug-likeness (QED) is 0.227. The SMILES string of the molecule is CC(C)C(NC(=O)NC(C(=O)N1CCCC1C(=O)NC(CC1CC1)C(=O)C(N)=O)C(C)(C)C)C(=O)N1CCN(c2ncccn2)CC1. The van der Waals surface area contributed by atoms with Gasteiger partial charge in [0.05, 0.1) is 6.04 Å². The molecule has 0 aromatic carbocycles. The lowest BCUT2D eigenvalue weighted by molar-refractivity contribution is -0.143. The van der Waals surface area contributed by atoms with Crippen LogP contribution in [0.5, 0.6) is 0 Å². The molecule has 3 aliphatic rings. The van der Waals surface area contributed by atoms with E-state index in [1.807, 2.05) is 18.7 Å². The van der Waals surface area contributed by atoms with Crippen LogP contribution in [0.2, 0.25) is 0 Å². The van der Waals surface area contributed by atoms with Crippen molar-refractivity contribution in [2.24, 2.45) is 23.0 Å². The minimum Gasteiger partial charge on any atom is -0.363 e. The monoisotopic (exact) mass is 655 g/mol. The van der Waals surface area contributed by atoms with Crippen molar-refractivity contribution in [1.82, 2.24) is 35.7 Å². The molecule has 3 heterocycles. The van der Waals surface area contributed by atoms with Crippen LogP contribution < -0.4 is 26.6 Å². The number of aromatic nitrogens is 2. The summed E-state index contributed by atoms with van der Waals surface area (Å²) in [6.45, 7) is 11.4. The Morgan fingerprint density at radius 2 is 1.53 bits per heavy atom. The lowest BCUT2D eigenvalue weighted by atomic mass is 9.85. The molecular weight excluding hydrogens is 606 g/mol. The van der Waals surface area contributed by atoms with Crippen molar-refractivity contribution in [3.63, 3.8) is 0 Å². The van der Waals surface area contributed by atoms with Gasteiger partial charge in [-0.25, -0.2) is 14.8 Å². The Morgan fingerprint density at radius 3 is 2.09 bits per heavy atom. The summed E-state index contributed by atoms with van der Waals surface area (Å²) in [6, 6.07) is -2.69. The maximum Gasteiger partial charge on any atom is 0.316 e. The topological polar surface area (TPSA) is 200 Å². The van der Waals surface area contributed by atoms with Gasteiger partial charge in [-0.3, -0.25) is 24.0 Å². The molecule has 2 saturated heterocycles. The molecule has 0 spiro atoms. The third-order valence-electron chi connectivity index (χ3n) is 9.01. The summed E-state index contributed by atoms with van der Waals surface area (Å²) < 4.78 is 0. The number of urea groups is 1. The van der Waals surface area contributed by atoms with Gasteiger partial charge in [-0.2, -0.15) is 0 Å². The van der Waals surface area contributed by atoms with E-state index in [0.29, 0.717) is 51.4 Å². The Labute approximate surface area is 275 Å². The largest absolute Gasteiger partial charge is 0.363 e. The van der Waals surface area contributed by atoms with Gasteiger partial charge in [-0.1, -0.05) is 47.5 Å². The second kappa shape index (κ2) is 15.1. The summed E-state index contributed by atoms with van der Waals surface area (Å²) in [5.74, 6) is -2.54. The van der Waals surface area contributed by atoms with Gasteiger partial charge < -0.3 is 36.4 Å². The molecule has 4 unspecified atom stereocenters. The molecule has 15 heteroatoms. The van der Waals surface area contributed by atoms with Crippen LogP contribution >= 0.6 is 0 Å². The van der Waals surface area contributed by atoms with Crippen LogP contribution in [-0.4, -0.2) is 112 Å². The summed E-state index contributed by atoms with van der Waals surface area (Å²) in [5, 5.41) is 8.26. The molecule has 47 heavy (non-hydrogen) atoms. The minimum atomic E-state index is -1.11. The molecule has 0 bridgehead atoms. The van der Waals surface area contributed by atoms with Gasteiger partial charge in [0, 0.05) is 45.1 Å². The van der Waals surface area contributed by atoms with Gasteiger partial charge in [0.2, 0.25) is 29.5 Å². The molecule has 3 fully saturated rings. The van der Waals surface area contributed by atoms with Crippen molar-refractivity contribution >= 4 is 41.4 Å². The number of carbonyl (C=O) groups excluding carboxylic acids is 6. The van der Waals surface area contributed by atoms with Gasteiger partial charge in [-0.15, -0.1) is 0 Å². The first kappa shape index (κ1) is 35.6. The molecular formula is C32H49N9O6. The van der Waals surface area contributed by atoms with Crippen LogP contribution in [0.15, 0.2) is 18.5 Å². The summed E-state index contributed by atoms with van der Waals surface area (Å²) in [4.78, 5) is 92.1. The Bertz CT molecular complexity index is 1320. The number of piperazine rings is 1. The fourth-order valence-electron chi connectivity index (χ4n) is 6.08. The lowest BCUT2D eigenvalue weighted by Gasteiger charge is -2.38. The number of nitrogens with two attached hydrogens (primary N) is 1. The number of hydrogen-bond donors (Lipinski definition) is 4. The van der Waals surface area contributed by atoms with E-state index >= 15 is 0 Å². The lowest BCUT2D eigenvalue weighted by Crippen LogP contribution is -2.62. The molecule has 1 aliphatic carbocycles. The van der Waals surface area contributed by atoms with Gasteiger partial charge in [0.15, 0.2) is 0 Å². The number of hydrogen-bond acceptors (Lipinski definition) is 9. The number of nitrogens with zero attached hydrogens (tertiary/aromatic N) is 5. The maximum atomic E-state index is 14.0. The van der Waals surface area contributed by atoms with E-state index in [-0.39, 0.29) is 24.3 Å². The van der Waals surface area contributed by atoms with E-state index in [4.69, 9.17) is 5.73 Å². The third-order valence-corrected chi connectivity index (χ3v) is 9.01. The number of Topliss-reactive ketones (excluding diaryl/α,β-unsaturated/α-hetero) is 1. The van der Waals surface area contributed by atoms with Crippen LogP contribution in [-0.2, 0) is 24.0 Å². The fraction of sp³-hybridized carbons (Fsp3) is 0.688. The van der Waals surface area contributed by atoms with E-state index in [0.717, 1.165) is 12.8 Å². The van der Waals surface area contributed by atoms with Crippen molar-refractivity contribution in [3.8, 4) is 0 Å². The zero-order chi connectivity index (χ0) is 34.5. The Balaban J connectivity index is 1.39. The van der Waals surface area contributed by atoms with Gasteiger partial charge in [-0.05, 0) is 42.6 Å². The highest BCUT2D eigenvalue weighted by molar-refractivity contribution is 6.37. The summed E-state index contributed by atoms with van der Waals surface area (Å²) in [7, 11) is 0. The molecule has 258 valence electrons. The van der Waals surface area contributed by atoms with E-state index in [1.165, 1.54) is 4.90 Å². The van der Waals surface area contributed by atoms with Gasteiger partial charge in [0.1, 0.15) is 18.1 Å². The van der Waals surface area contributed by atoms with Crippen molar-refractivity contribution in [3.05, 3.63) is 18.5 Å². The molecule has 1 aromatic heterocycles. The first-order chi connectivity index (χ1) is 22.2. The molecule has 4 atom stereocenters. The minimum absolute atomic E-state index is 0.218. The molecule has 2 aliphatic heterocycles. The van der Waals surface area contributed by atoms with Crippen LogP contribution in [0.25, 0.3) is 0 Å². The molecule has 5 N–H and O–H groups in total. The maximum absolute atomic E-state index is 14.0. The normalized spacial score (nSPS) is 20.3. The molecule has 6 amide bonds. The average molecular weight is 656 g/mol. The number of likely N-dealkylation sites (tertiary alicyclic amines) is 1. The first-order valence-electron chi connectivity index (χ1n) is 16.5. The highest BCUT2D eigenvalue weighted by Gasteiger charge is 2.43. The Kier molecular flexibility index (Phi) is 11.4. The number of anilines is 1. The van der Waals surface area contributed by atoms with Crippen LogP contribution in [0.3, 0.4) is 0 Å². The van der Waals surface area contributed by atoms with Crippen molar-refractivity contribution in [2.75, 3.05) is 37.6 Å². The smallest absolute Gasteiger partial charge is 0.316 e. The van der Waals surface area contributed by atoms with Gasteiger partial charge in [0.25, 0.3) is 5.91 Å². The summed E-state index contributed by atoms with van der Waals surface area (Å²) in [5.41, 5.74) is 4.48. The average Bonchev–Trinajstić information content (AvgIpc) is 3.71. The Morgan fingerprint density at radius 1 is 0.894 bits per heavy atom. The van der Waals surface area contributed by atoms with E-state index in [9.17, 15) is 28.8 Å². The van der Waals surface area contributed by atoms with Crippen molar-refractivity contribution < 1.29 is 28.8 Å². The second-order valence-electron chi connectivity index (χ2n) is 14.2. The zero-order valence-corrected chi connectivity index (χ0v) is 28.0. The first-order valence-corrected chi connectivity index (χ1v) is 16.5. The molecule has 1 aromatic rings. The highest BCUT2D eigenvalue weighted by Crippen LogP contribution is 2.34. The second-order valence-corrected chi connectivity index (χ2v) is 14.2. The molecule has 1 saturated carbocycles. The van der Waals surface area contributed by atoms with Crippen molar-refractivity contribution in [2.45, 2.75) is 90.9 Å². The van der Waals surface area contributed by atoms with Crippen LogP contribution in [0.4, 0.5) is 10.7 Å². The molecule has 15 nitrogen and oxygen atoms in total. The van der Waals surface area contributed by atoms with Crippen LogP contribution in [0, 0.1) is 17.3 Å². The highest BCUT2D eigenvalue weighted by atomic mass is 16.2. The number of carbonyl (C=O) groups is 6. The standard InChI is InChI=1S/C32H49N9O6/c1-19(2)23(28(45)39-14-16-40(17-15-39)30-34-11-7-12-35-30)37-31(47)38-25(32(3,4)5)29(46)41-13-6-8-22(41)27(44)36-21(18-20-9-10-20)24(42)26(33)43/h7,11-12,19-23,25H,6,8-10,13-18H2,1-5H3,(H2,33,43)(H,36,44)(H2,37,38,47). The summed E-state index contributed by atoms with van der Waals surface area (Å²) >= 11 is 0. The fourth-order valence-corrected chi connectivity index (χ4v) is 6.08. The number of ketones is 1. The number of amides is 6. The van der Waals surface area contributed by atoms with Gasteiger partial charge >= 0.3 is 6.03 Å². The molecule has 4 rings (SSSR count). The predicted molar refractivity (Wildman–Crippen MR) is 173 cm³/mol. The van der Waals surface area contributed by atoms with E-state index in [1.54, 1.807) is 44.1 Å². The zero-order valence-electron chi connectivity index (χ0n) is 28.0. The number of nitrogens with one attached hydrogen (secondary N) is 3. The number of rotatable bonds is 12. The van der Waals surface area contributed by atoms with Crippen molar-refractivity contribution in [1.29, 1.82) is 0 Å². The summed E-state index contributed by atoms with van der Waals surface area (Å²) in [6.07, 6.45) is 6.42. The third kappa shape index (κ3) is 9.16. The van der Waals surface area contributed by atoms with E-state index in [2.05, 4.69) is 25.9 Å². The Hall–Kier alpha value is -4.30. The van der Waals surface area contributed by atoms with Crippen LogP contribution in [0.1, 0.15) is 66.7 Å². The predicted octanol–water partition coefficient (Wildman–Crippen LogP) is 0.194. The number of primary amides is 1.